The summed E-state index contributed by atoms with van der Waals surface area (Å²) in [6.07, 6.45) is 8.33. The van der Waals surface area contributed by atoms with Gasteiger partial charge in [0, 0.05) is 21.4 Å². The third kappa shape index (κ3) is 16.1. The van der Waals surface area contributed by atoms with Crippen LogP contribution in [0.15, 0.2) is 53.0 Å². The van der Waals surface area contributed by atoms with Crippen molar-refractivity contribution in [2.45, 2.75) is 86.5 Å². The molecule has 0 heterocycles. The molecule has 2 aromatic rings. The SMILES string of the molecule is CC#Cc1ccc(N)cc1.CC#[C][Sn]([CH2]CCC)([CH2]CCC)[CH2]CCC.Nc1ccc(Br)cc1. The predicted octanol–water partition coefficient (Wildman–Crippen LogP) is 9.07. The molecule has 2 rings (SSSR count). The molecule has 0 fully saturated rings. The number of hydrogen-bond acceptors (Lipinski definition) is 2. The first-order chi connectivity index (χ1) is 16.4. The summed E-state index contributed by atoms with van der Waals surface area (Å²) in [5, 5.41) is 0. The van der Waals surface area contributed by atoms with E-state index in [9.17, 15) is 0 Å². The Hall–Kier alpha value is -1.56. The average molecular weight is 632 g/mol. The number of benzene rings is 2. The monoisotopic (exact) mass is 632 g/mol. The maximum Gasteiger partial charge on any atom is 0.0314 e. The minimum absolute atomic E-state index is 0.779. The van der Waals surface area contributed by atoms with Crippen LogP contribution in [0.3, 0.4) is 0 Å². The maximum absolute atomic E-state index is 5.47. The van der Waals surface area contributed by atoms with E-state index in [-0.39, 0.29) is 0 Å². The summed E-state index contributed by atoms with van der Waals surface area (Å²) < 4.78 is 9.38. The van der Waals surface area contributed by atoms with E-state index in [0.29, 0.717) is 0 Å². The van der Waals surface area contributed by atoms with Gasteiger partial charge in [-0.2, -0.15) is 0 Å². The second kappa shape index (κ2) is 20.8. The van der Waals surface area contributed by atoms with E-state index in [1.165, 1.54) is 51.8 Å². The molecule has 0 bridgehead atoms. The molecule has 0 aromatic heterocycles. The standard InChI is InChI=1S/C9H9N.C6H6BrN.3C4H9.C3H3.Sn/c1-2-3-8-4-6-9(10)7-5-8;7-5-1-3-6(8)4-2-5;3*1-3-4-2;1-3-2;/h4-7H,10H2,1H3;1-4H,8H2;3*1,3-4H2,2H3;1H3;. The Labute approximate surface area is 222 Å². The quantitative estimate of drug-likeness (QED) is 0.165. The fraction of sp³-hybridized carbons (Fsp3) is 0.467. The molecule has 4 N–H and O–H groups in total. The smallest absolute Gasteiger partial charge is 0.0314 e. The van der Waals surface area contributed by atoms with Gasteiger partial charge in [-0.25, -0.2) is 0 Å². The zero-order valence-corrected chi connectivity index (χ0v) is 26.5. The Balaban J connectivity index is 0.000000514. The molecule has 34 heavy (non-hydrogen) atoms. The Morgan fingerprint density at radius 3 is 1.41 bits per heavy atom. The summed E-state index contributed by atoms with van der Waals surface area (Å²) >= 11 is 1.27. The number of unbranched alkanes of at least 4 members (excludes halogenated alkanes) is 3. The minimum atomic E-state index is -2.02. The second-order valence-corrected chi connectivity index (χ2v) is 21.7. The van der Waals surface area contributed by atoms with Crippen LogP contribution >= 0.6 is 15.9 Å². The third-order valence-corrected chi connectivity index (χ3v) is 19.4. The van der Waals surface area contributed by atoms with E-state index in [0.717, 1.165) is 21.4 Å². The van der Waals surface area contributed by atoms with Crippen LogP contribution in [-0.4, -0.2) is 18.4 Å². The largest absolute Gasteiger partial charge is 0.399 e. The number of halogens is 1. The molecule has 2 aromatic carbocycles. The Kier molecular flexibility index (Phi) is 19.8. The van der Waals surface area contributed by atoms with Gasteiger partial charge in [0.05, 0.1) is 0 Å². The van der Waals surface area contributed by atoms with Crippen LogP contribution in [0, 0.1) is 21.7 Å². The van der Waals surface area contributed by atoms with E-state index >= 15 is 0 Å². The van der Waals surface area contributed by atoms with Gasteiger partial charge in [0.15, 0.2) is 0 Å². The maximum atomic E-state index is 5.47. The van der Waals surface area contributed by atoms with E-state index in [1.54, 1.807) is 0 Å². The van der Waals surface area contributed by atoms with E-state index in [2.05, 4.69) is 65.3 Å². The van der Waals surface area contributed by atoms with Crippen LogP contribution in [0.2, 0.25) is 13.3 Å². The van der Waals surface area contributed by atoms with Gasteiger partial charge in [-0.3, -0.25) is 0 Å². The van der Waals surface area contributed by atoms with Gasteiger partial charge >= 0.3 is 108 Å². The molecule has 2 nitrogen and oxygen atoms in total. The number of nitrogens with two attached hydrogens (primary N) is 2. The van der Waals surface area contributed by atoms with Crippen molar-refractivity contribution in [1.82, 2.24) is 0 Å². The predicted molar refractivity (Wildman–Crippen MR) is 160 cm³/mol. The van der Waals surface area contributed by atoms with Crippen molar-refractivity contribution in [1.29, 1.82) is 0 Å². The second-order valence-electron chi connectivity index (χ2n) is 8.51. The molecule has 0 aliphatic heterocycles. The molecule has 0 radical (unpaired) electrons. The molecule has 0 saturated carbocycles. The number of rotatable bonds is 9. The molecular formula is C30H45BrN2Sn. The fourth-order valence-electron chi connectivity index (χ4n) is 3.55. The molecule has 0 atom stereocenters. The molecule has 0 aliphatic carbocycles. The Morgan fingerprint density at radius 2 is 1.09 bits per heavy atom. The molecule has 0 unspecified atom stereocenters. The van der Waals surface area contributed by atoms with Gasteiger partial charge in [-0.1, -0.05) is 21.9 Å². The number of hydrogen-bond donors (Lipinski definition) is 2. The van der Waals surface area contributed by atoms with Gasteiger partial charge in [-0.15, -0.1) is 5.92 Å². The number of anilines is 2. The van der Waals surface area contributed by atoms with Crippen molar-refractivity contribution in [3.8, 4) is 21.7 Å². The van der Waals surface area contributed by atoms with Gasteiger partial charge in [0.1, 0.15) is 0 Å². The third-order valence-electron chi connectivity index (χ3n) is 5.47. The topological polar surface area (TPSA) is 52.0 Å². The van der Waals surface area contributed by atoms with Crippen LogP contribution < -0.4 is 11.5 Å². The molecule has 0 aliphatic rings. The summed E-state index contributed by atoms with van der Waals surface area (Å²) in [5.41, 5.74) is 13.5. The Morgan fingerprint density at radius 1 is 0.676 bits per heavy atom. The van der Waals surface area contributed by atoms with Crippen molar-refractivity contribution in [2.75, 3.05) is 11.5 Å². The van der Waals surface area contributed by atoms with Gasteiger partial charge in [0.2, 0.25) is 0 Å². The van der Waals surface area contributed by atoms with E-state index < -0.39 is 18.4 Å². The molecular weight excluding hydrogens is 587 g/mol. The minimum Gasteiger partial charge on any atom is -0.399 e. The van der Waals surface area contributed by atoms with Crippen molar-refractivity contribution >= 4 is 45.7 Å². The first-order valence-electron chi connectivity index (χ1n) is 12.6. The number of nitrogen functional groups attached to an aromatic ring is 2. The summed E-state index contributed by atoms with van der Waals surface area (Å²) in [7, 11) is 0. The normalized spacial score (nSPS) is 9.71. The molecule has 0 amide bonds. The zero-order valence-electron chi connectivity index (χ0n) is 22.0. The summed E-state index contributed by atoms with van der Waals surface area (Å²) in [6, 6.07) is 15.0. The van der Waals surface area contributed by atoms with Crippen molar-refractivity contribution < 1.29 is 0 Å². The van der Waals surface area contributed by atoms with Crippen LogP contribution in [0.4, 0.5) is 11.4 Å². The molecule has 186 valence electrons. The summed E-state index contributed by atoms with van der Waals surface area (Å²) in [4.78, 5) is 0. The van der Waals surface area contributed by atoms with Crippen molar-refractivity contribution in [3.63, 3.8) is 0 Å². The van der Waals surface area contributed by atoms with E-state index in [4.69, 9.17) is 11.5 Å². The molecule has 4 heteroatoms. The first kappa shape index (κ1) is 32.4. The van der Waals surface area contributed by atoms with E-state index in [1.807, 2.05) is 55.5 Å². The van der Waals surface area contributed by atoms with Crippen LogP contribution in [0.25, 0.3) is 0 Å². The van der Waals surface area contributed by atoms with Gasteiger partial charge < -0.3 is 11.5 Å². The molecule has 0 spiro atoms. The molecule has 0 saturated heterocycles. The zero-order chi connectivity index (χ0) is 25.7. The summed E-state index contributed by atoms with van der Waals surface area (Å²) in [6.45, 7) is 10.8. The van der Waals surface area contributed by atoms with Crippen LogP contribution in [0.5, 0.6) is 0 Å². The van der Waals surface area contributed by atoms with Gasteiger partial charge in [-0.05, 0) is 55.5 Å². The summed E-state index contributed by atoms with van der Waals surface area (Å²) in [5.74, 6) is 9.02. The van der Waals surface area contributed by atoms with Gasteiger partial charge in [0.25, 0.3) is 0 Å². The first-order valence-corrected chi connectivity index (χ1v) is 20.9. The van der Waals surface area contributed by atoms with Crippen LogP contribution in [-0.2, 0) is 0 Å². The average Bonchev–Trinajstić information content (AvgIpc) is 2.84. The van der Waals surface area contributed by atoms with Crippen molar-refractivity contribution in [3.05, 3.63) is 58.6 Å². The Bertz CT molecular complexity index is 841. The fourth-order valence-corrected chi connectivity index (χ4v) is 17.4. The van der Waals surface area contributed by atoms with Crippen molar-refractivity contribution in [2.24, 2.45) is 0 Å². The van der Waals surface area contributed by atoms with Crippen LogP contribution in [0.1, 0.15) is 78.7 Å².